The van der Waals surface area contributed by atoms with Crippen molar-refractivity contribution >= 4 is 29.2 Å². The van der Waals surface area contributed by atoms with Crippen molar-refractivity contribution in [2.75, 3.05) is 22.9 Å². The highest BCUT2D eigenvalue weighted by molar-refractivity contribution is 6.04. The van der Waals surface area contributed by atoms with Crippen LogP contribution in [0.3, 0.4) is 0 Å². The molecule has 3 atom stereocenters. The lowest BCUT2D eigenvalue weighted by atomic mass is 9.96. The van der Waals surface area contributed by atoms with Crippen LogP contribution in [0.5, 0.6) is 0 Å². The van der Waals surface area contributed by atoms with E-state index in [9.17, 15) is 14.4 Å². The molecule has 1 aliphatic carbocycles. The summed E-state index contributed by atoms with van der Waals surface area (Å²) >= 11 is 0. The molecule has 7 nitrogen and oxygen atoms in total. The van der Waals surface area contributed by atoms with Gasteiger partial charge >= 0.3 is 6.03 Å². The minimum atomic E-state index is -1.00. The zero-order valence-corrected chi connectivity index (χ0v) is 14.4. The zero-order chi connectivity index (χ0) is 18.1. The van der Waals surface area contributed by atoms with E-state index in [0.717, 1.165) is 30.6 Å². The molecule has 1 aromatic carbocycles. The van der Waals surface area contributed by atoms with Gasteiger partial charge in [-0.3, -0.25) is 14.5 Å². The summed E-state index contributed by atoms with van der Waals surface area (Å²) in [6.45, 7) is 0.759. The molecule has 3 saturated heterocycles. The van der Waals surface area contributed by atoms with E-state index in [1.165, 1.54) is 0 Å². The lowest BCUT2D eigenvalue weighted by Crippen LogP contribution is -2.53. The zero-order valence-electron chi connectivity index (χ0n) is 14.4. The Morgan fingerprint density at radius 1 is 1.12 bits per heavy atom. The number of nitrogens with two attached hydrogens (primary N) is 1. The Morgan fingerprint density at radius 2 is 1.85 bits per heavy atom. The number of rotatable bonds is 3. The number of hydrogen-bond donors (Lipinski definition) is 1. The molecule has 5 rings (SSSR count). The van der Waals surface area contributed by atoms with E-state index in [4.69, 9.17) is 5.73 Å². The third-order valence-corrected chi connectivity index (χ3v) is 6.40. The second-order valence-corrected chi connectivity index (χ2v) is 7.69. The van der Waals surface area contributed by atoms with Gasteiger partial charge in [0, 0.05) is 36.3 Å². The van der Waals surface area contributed by atoms with Crippen LogP contribution in [0.15, 0.2) is 24.3 Å². The molecule has 7 heteroatoms. The van der Waals surface area contributed by atoms with Gasteiger partial charge in [-0.05, 0) is 49.9 Å². The highest BCUT2D eigenvalue weighted by atomic mass is 16.2. The summed E-state index contributed by atoms with van der Waals surface area (Å²) in [6.07, 6.45) is 5.55. The number of urea groups is 1. The van der Waals surface area contributed by atoms with Gasteiger partial charge in [0.05, 0.1) is 6.54 Å². The summed E-state index contributed by atoms with van der Waals surface area (Å²) in [4.78, 5) is 42.2. The van der Waals surface area contributed by atoms with Gasteiger partial charge < -0.3 is 15.5 Å². The maximum Gasteiger partial charge on any atom is 0.325 e. The monoisotopic (exact) mass is 353 g/mol. The smallest absolute Gasteiger partial charge is 0.325 e. The third-order valence-electron chi connectivity index (χ3n) is 6.40. The lowest BCUT2D eigenvalue weighted by Gasteiger charge is -2.27. The van der Waals surface area contributed by atoms with Gasteiger partial charge in [0.15, 0.2) is 0 Å². The minimum Gasteiger partial charge on any atom is -0.368 e. The fourth-order valence-corrected chi connectivity index (χ4v) is 5.05. The van der Waals surface area contributed by atoms with Crippen LogP contribution in [-0.2, 0) is 9.59 Å². The second-order valence-electron chi connectivity index (χ2n) is 7.69. The van der Waals surface area contributed by atoms with Crippen molar-refractivity contribution in [2.45, 2.75) is 37.3 Å². The molecule has 26 heavy (non-hydrogen) atoms. The maximum atomic E-state index is 12.8. The molecule has 135 valence electrons. The summed E-state index contributed by atoms with van der Waals surface area (Å²) in [6, 6.07) is 7.61. The van der Waals surface area contributed by atoms with Crippen molar-refractivity contribution in [3.05, 3.63) is 30.7 Å². The second kappa shape index (κ2) is 5.22. The van der Waals surface area contributed by atoms with Crippen LogP contribution >= 0.6 is 0 Å². The van der Waals surface area contributed by atoms with Gasteiger partial charge in [0.2, 0.25) is 11.8 Å². The van der Waals surface area contributed by atoms with Gasteiger partial charge in [-0.2, -0.15) is 0 Å². The van der Waals surface area contributed by atoms with E-state index >= 15 is 0 Å². The molecule has 3 aliphatic heterocycles. The topological polar surface area (TPSA) is 86.9 Å². The summed E-state index contributed by atoms with van der Waals surface area (Å²) < 4.78 is 0. The number of primary amides is 1. The standard InChI is InChI=1S/C19H21N4O3/c20-17(25)19-8-1-9-22(19)18(26)21(11-19)13-4-6-14(7-5-13)23-15-3-2-12(10-15)16(23)24/h4-8,12,15H,1-3,9-11H2,(H2,20,25)/t12?,15?,19-/m1/s1. The van der Waals surface area contributed by atoms with Crippen LogP contribution in [-0.4, -0.2) is 47.4 Å². The Morgan fingerprint density at radius 3 is 2.46 bits per heavy atom. The first-order valence-corrected chi connectivity index (χ1v) is 9.18. The van der Waals surface area contributed by atoms with Crippen molar-refractivity contribution in [3.63, 3.8) is 0 Å². The van der Waals surface area contributed by atoms with Gasteiger partial charge in [0.1, 0.15) is 5.54 Å². The molecule has 2 bridgehead atoms. The van der Waals surface area contributed by atoms with Crippen LogP contribution < -0.4 is 15.5 Å². The maximum absolute atomic E-state index is 12.8. The molecule has 2 N–H and O–H groups in total. The van der Waals surface area contributed by atoms with Crippen LogP contribution in [0.2, 0.25) is 0 Å². The predicted octanol–water partition coefficient (Wildman–Crippen LogP) is 1.28. The van der Waals surface area contributed by atoms with E-state index in [-0.39, 0.29) is 24.4 Å². The molecule has 0 aromatic heterocycles. The first-order valence-electron chi connectivity index (χ1n) is 9.18. The molecule has 1 radical (unpaired) electrons. The Kier molecular flexibility index (Phi) is 3.14. The normalized spacial score (nSPS) is 32.7. The van der Waals surface area contributed by atoms with Gasteiger partial charge in [0.25, 0.3) is 0 Å². The number of piperidine rings is 1. The van der Waals surface area contributed by atoms with Crippen LogP contribution in [0.25, 0.3) is 0 Å². The minimum absolute atomic E-state index is 0.179. The average molecular weight is 353 g/mol. The summed E-state index contributed by atoms with van der Waals surface area (Å²) in [5, 5.41) is 0. The number of benzene rings is 1. The summed E-state index contributed by atoms with van der Waals surface area (Å²) in [7, 11) is 0. The first kappa shape index (κ1) is 15.7. The van der Waals surface area contributed by atoms with Crippen molar-refractivity contribution < 1.29 is 14.4 Å². The summed E-state index contributed by atoms with van der Waals surface area (Å²) in [5.74, 6) is -0.0895. The average Bonchev–Trinajstić information content (AvgIpc) is 3.37. The number of carbonyl (C=O) groups excluding carboxylic acids is 3. The molecule has 1 saturated carbocycles. The van der Waals surface area contributed by atoms with Gasteiger partial charge in [-0.15, -0.1) is 0 Å². The Balaban J connectivity index is 1.41. The fraction of sp³-hybridized carbons (Fsp3) is 0.474. The first-order chi connectivity index (χ1) is 12.5. The van der Waals surface area contributed by atoms with Crippen molar-refractivity contribution in [1.82, 2.24) is 4.90 Å². The van der Waals surface area contributed by atoms with E-state index in [1.807, 2.05) is 35.6 Å². The molecule has 2 unspecified atom stereocenters. The molecule has 4 fully saturated rings. The highest BCUT2D eigenvalue weighted by Gasteiger charge is 2.57. The molecular weight excluding hydrogens is 332 g/mol. The quantitative estimate of drug-likeness (QED) is 0.888. The van der Waals surface area contributed by atoms with Crippen molar-refractivity contribution in [3.8, 4) is 0 Å². The van der Waals surface area contributed by atoms with E-state index in [0.29, 0.717) is 19.0 Å². The number of hydrogen-bond acceptors (Lipinski definition) is 3. The van der Waals surface area contributed by atoms with Crippen LogP contribution in [0.4, 0.5) is 16.2 Å². The third kappa shape index (κ3) is 1.91. The summed E-state index contributed by atoms with van der Waals surface area (Å²) in [5.41, 5.74) is 6.20. The molecule has 4 amide bonds. The predicted molar refractivity (Wildman–Crippen MR) is 95.3 cm³/mol. The number of fused-ring (bicyclic) bond motifs is 3. The molecule has 1 aromatic rings. The number of amides is 4. The highest BCUT2D eigenvalue weighted by Crippen LogP contribution is 2.42. The van der Waals surface area contributed by atoms with Crippen molar-refractivity contribution in [2.24, 2.45) is 11.7 Å². The number of anilines is 2. The van der Waals surface area contributed by atoms with E-state index in [1.54, 1.807) is 9.80 Å². The molecular formula is C19H21N4O3. The number of carbonyl (C=O) groups is 3. The molecule has 4 aliphatic rings. The molecule has 0 spiro atoms. The van der Waals surface area contributed by atoms with E-state index in [2.05, 4.69) is 0 Å². The largest absolute Gasteiger partial charge is 0.368 e. The van der Waals surface area contributed by atoms with Crippen LogP contribution in [0.1, 0.15) is 25.7 Å². The number of nitrogens with zero attached hydrogens (tertiary/aromatic N) is 3. The lowest BCUT2D eigenvalue weighted by molar-refractivity contribution is -0.124. The van der Waals surface area contributed by atoms with Crippen LogP contribution in [0, 0.1) is 12.3 Å². The van der Waals surface area contributed by atoms with Crippen molar-refractivity contribution in [1.29, 1.82) is 0 Å². The Labute approximate surface area is 151 Å². The fourth-order valence-electron chi connectivity index (χ4n) is 5.05. The van der Waals surface area contributed by atoms with Gasteiger partial charge in [-0.1, -0.05) is 0 Å². The molecule has 3 heterocycles. The van der Waals surface area contributed by atoms with E-state index < -0.39 is 11.4 Å². The Bertz CT molecular complexity index is 808. The Hall–Kier alpha value is -2.57. The van der Waals surface area contributed by atoms with Gasteiger partial charge in [-0.25, -0.2) is 4.79 Å². The SMILES string of the molecule is NC(=O)[C@]12[CH]CCN1C(=O)N(c1ccc(N3C(=O)C4CCC3C4)cc1)C2.